The molecule has 0 heterocycles. The van der Waals surface area contributed by atoms with Gasteiger partial charge in [0.25, 0.3) is 5.91 Å². The van der Waals surface area contributed by atoms with Gasteiger partial charge in [-0.25, -0.2) is 21.6 Å². The number of nitrogens with zero attached hydrogens (tertiary/aromatic N) is 1. The van der Waals surface area contributed by atoms with Crippen molar-refractivity contribution in [3.05, 3.63) is 89.2 Å². The lowest BCUT2D eigenvalue weighted by molar-refractivity contribution is 0.102. The minimum Gasteiger partial charge on any atom is -0.494 e. The first-order valence-corrected chi connectivity index (χ1v) is 11.7. The minimum absolute atomic E-state index is 0.102. The van der Waals surface area contributed by atoms with Gasteiger partial charge >= 0.3 is 0 Å². The lowest BCUT2D eigenvalue weighted by Crippen LogP contribution is -2.29. The first-order chi connectivity index (χ1) is 15.6. The monoisotopic (exact) mass is 478 g/mol. The van der Waals surface area contributed by atoms with Crippen molar-refractivity contribution in [2.45, 2.75) is 13.5 Å². The van der Waals surface area contributed by atoms with Gasteiger partial charge in [0.1, 0.15) is 23.2 Å². The Balaban J connectivity index is 1.96. The molecule has 3 aromatic rings. The molecule has 3 rings (SSSR count). The van der Waals surface area contributed by atoms with Gasteiger partial charge in [0, 0.05) is 17.2 Å². The van der Waals surface area contributed by atoms with E-state index in [1.165, 1.54) is 30.3 Å². The summed E-state index contributed by atoms with van der Waals surface area (Å²) in [7, 11) is -3.78. The van der Waals surface area contributed by atoms with Crippen LogP contribution in [0.1, 0.15) is 22.8 Å². The van der Waals surface area contributed by atoms with E-state index < -0.39 is 33.4 Å². The predicted octanol–water partition coefficient (Wildman–Crippen LogP) is 4.72. The highest BCUT2D eigenvalue weighted by Crippen LogP contribution is 2.27. The number of anilines is 2. The molecule has 0 spiro atoms. The maximum absolute atomic E-state index is 13.9. The molecule has 3 aromatic carbocycles. The second kappa shape index (κ2) is 9.95. The molecule has 0 aromatic heterocycles. The Kier molecular flexibility index (Phi) is 7.27. The number of nitrogens with one attached hydrogen (secondary N) is 1. The number of hydrogen-bond donors (Lipinski definition) is 1. The van der Waals surface area contributed by atoms with Gasteiger partial charge in [0.15, 0.2) is 0 Å². The molecule has 10 heteroatoms. The Morgan fingerprint density at radius 3 is 2.24 bits per heavy atom. The average molecular weight is 478 g/mol. The van der Waals surface area contributed by atoms with Crippen LogP contribution in [-0.2, 0) is 16.6 Å². The van der Waals surface area contributed by atoms with Crippen molar-refractivity contribution >= 4 is 27.3 Å². The molecular weight excluding hydrogens is 457 g/mol. The van der Waals surface area contributed by atoms with Crippen molar-refractivity contribution in [3.8, 4) is 5.75 Å². The third-order valence-corrected chi connectivity index (χ3v) is 5.77. The van der Waals surface area contributed by atoms with Crippen LogP contribution in [-0.4, -0.2) is 27.2 Å². The molecule has 0 saturated carbocycles. The van der Waals surface area contributed by atoms with Crippen molar-refractivity contribution in [1.29, 1.82) is 0 Å². The molecule has 0 aliphatic carbocycles. The lowest BCUT2D eigenvalue weighted by atomic mass is 10.1. The maximum Gasteiger partial charge on any atom is 0.255 e. The van der Waals surface area contributed by atoms with Crippen LogP contribution in [0.15, 0.2) is 60.7 Å². The van der Waals surface area contributed by atoms with Gasteiger partial charge in [-0.1, -0.05) is 0 Å². The Hall–Kier alpha value is -3.53. The first-order valence-electron chi connectivity index (χ1n) is 9.84. The van der Waals surface area contributed by atoms with Crippen LogP contribution < -0.4 is 14.4 Å². The standard InChI is InChI=1S/C23H21F3N2O4S/c1-3-32-22-11-4-15(23(29)27-21-10-7-18(25)13-20(21)26)12-16(22)14-28(33(2,30)31)19-8-5-17(24)6-9-19/h4-13H,3,14H2,1-2H3,(H,27,29). The third-order valence-electron chi connectivity index (χ3n) is 4.63. The molecule has 0 unspecified atom stereocenters. The zero-order valence-electron chi connectivity index (χ0n) is 17.8. The predicted molar refractivity (Wildman–Crippen MR) is 119 cm³/mol. The molecule has 0 aliphatic rings. The smallest absolute Gasteiger partial charge is 0.255 e. The summed E-state index contributed by atoms with van der Waals surface area (Å²) >= 11 is 0. The summed E-state index contributed by atoms with van der Waals surface area (Å²) in [6.07, 6.45) is 1.00. The van der Waals surface area contributed by atoms with E-state index in [-0.39, 0.29) is 30.1 Å². The average Bonchev–Trinajstić information content (AvgIpc) is 2.75. The van der Waals surface area contributed by atoms with Crippen LogP contribution in [0.4, 0.5) is 24.5 Å². The molecule has 0 saturated heterocycles. The van der Waals surface area contributed by atoms with Crippen LogP contribution in [0, 0.1) is 17.5 Å². The molecule has 6 nitrogen and oxygen atoms in total. The summed E-state index contributed by atoms with van der Waals surface area (Å²) in [6, 6.07) is 12.0. The van der Waals surface area contributed by atoms with Crippen molar-refractivity contribution in [1.82, 2.24) is 0 Å². The molecule has 0 atom stereocenters. The molecular formula is C23H21F3N2O4S. The highest BCUT2D eigenvalue weighted by atomic mass is 32.2. The van der Waals surface area contributed by atoms with E-state index in [0.29, 0.717) is 17.4 Å². The fourth-order valence-electron chi connectivity index (χ4n) is 3.09. The number of hydrogen-bond acceptors (Lipinski definition) is 4. The summed E-state index contributed by atoms with van der Waals surface area (Å²) in [6.45, 7) is 1.83. The molecule has 174 valence electrons. The zero-order valence-corrected chi connectivity index (χ0v) is 18.6. The molecule has 0 fully saturated rings. The van der Waals surface area contributed by atoms with E-state index in [4.69, 9.17) is 4.74 Å². The van der Waals surface area contributed by atoms with E-state index in [1.54, 1.807) is 6.92 Å². The van der Waals surface area contributed by atoms with Gasteiger partial charge < -0.3 is 10.1 Å². The van der Waals surface area contributed by atoms with E-state index in [2.05, 4.69) is 5.32 Å². The van der Waals surface area contributed by atoms with Gasteiger partial charge in [0.2, 0.25) is 10.0 Å². The number of carbonyl (C=O) groups is 1. The Morgan fingerprint density at radius 2 is 1.64 bits per heavy atom. The second-order valence-corrected chi connectivity index (χ2v) is 8.99. The zero-order chi connectivity index (χ0) is 24.2. The first kappa shape index (κ1) is 24.1. The molecule has 0 radical (unpaired) electrons. The van der Waals surface area contributed by atoms with E-state index >= 15 is 0 Å². The van der Waals surface area contributed by atoms with Crippen molar-refractivity contribution in [2.75, 3.05) is 22.5 Å². The Labute approximate surface area is 189 Å². The van der Waals surface area contributed by atoms with Gasteiger partial charge in [0.05, 0.1) is 30.8 Å². The van der Waals surface area contributed by atoms with E-state index in [0.717, 1.165) is 34.8 Å². The lowest BCUT2D eigenvalue weighted by Gasteiger charge is -2.24. The molecule has 1 amide bonds. The highest BCUT2D eigenvalue weighted by Gasteiger charge is 2.21. The van der Waals surface area contributed by atoms with Gasteiger partial charge in [-0.3, -0.25) is 9.10 Å². The van der Waals surface area contributed by atoms with Crippen molar-refractivity contribution in [3.63, 3.8) is 0 Å². The summed E-state index contributed by atoms with van der Waals surface area (Å²) in [4.78, 5) is 12.7. The molecule has 1 N–H and O–H groups in total. The van der Waals surface area contributed by atoms with Crippen LogP contribution in [0.3, 0.4) is 0 Å². The summed E-state index contributed by atoms with van der Waals surface area (Å²) in [5.41, 5.74) is 0.481. The number of carbonyl (C=O) groups excluding carboxylic acids is 1. The molecule has 33 heavy (non-hydrogen) atoms. The van der Waals surface area contributed by atoms with Crippen LogP contribution in [0.2, 0.25) is 0 Å². The summed E-state index contributed by atoms with van der Waals surface area (Å²) in [5, 5.41) is 2.36. The van der Waals surface area contributed by atoms with Crippen LogP contribution >= 0.6 is 0 Å². The normalized spacial score (nSPS) is 11.2. The van der Waals surface area contributed by atoms with Gasteiger partial charge in [-0.05, 0) is 61.5 Å². The van der Waals surface area contributed by atoms with Gasteiger partial charge in [-0.15, -0.1) is 0 Å². The minimum atomic E-state index is -3.78. The maximum atomic E-state index is 13.9. The molecule has 0 aliphatic heterocycles. The van der Waals surface area contributed by atoms with Crippen molar-refractivity contribution < 1.29 is 31.1 Å². The SMILES string of the molecule is CCOc1ccc(C(=O)Nc2ccc(F)cc2F)cc1CN(c1ccc(F)cc1)S(C)(=O)=O. The van der Waals surface area contributed by atoms with Crippen LogP contribution in [0.25, 0.3) is 0 Å². The Bertz CT molecular complexity index is 1270. The number of halogens is 3. The largest absolute Gasteiger partial charge is 0.494 e. The fraction of sp³-hybridized carbons (Fsp3) is 0.174. The Morgan fingerprint density at radius 1 is 0.970 bits per heavy atom. The fourth-order valence-corrected chi connectivity index (χ4v) is 3.97. The number of rotatable bonds is 8. The summed E-state index contributed by atoms with van der Waals surface area (Å²) in [5.74, 6) is -2.58. The summed E-state index contributed by atoms with van der Waals surface area (Å²) < 4.78 is 71.9. The van der Waals surface area contributed by atoms with Crippen molar-refractivity contribution in [2.24, 2.45) is 0 Å². The van der Waals surface area contributed by atoms with Crippen LogP contribution in [0.5, 0.6) is 5.75 Å². The van der Waals surface area contributed by atoms with E-state index in [9.17, 15) is 26.4 Å². The number of amides is 1. The highest BCUT2D eigenvalue weighted by molar-refractivity contribution is 7.92. The van der Waals surface area contributed by atoms with E-state index in [1.807, 2.05) is 0 Å². The number of ether oxygens (including phenoxy) is 1. The third kappa shape index (κ3) is 6.04. The molecule has 0 bridgehead atoms. The second-order valence-electron chi connectivity index (χ2n) is 7.08. The number of sulfonamides is 1. The quantitative estimate of drug-likeness (QED) is 0.508. The van der Waals surface area contributed by atoms with Gasteiger partial charge in [-0.2, -0.15) is 0 Å². The number of benzene rings is 3. The topological polar surface area (TPSA) is 75.7 Å².